The fourth-order valence-corrected chi connectivity index (χ4v) is 1.79. The van der Waals surface area contributed by atoms with Crippen LogP contribution in [0.15, 0.2) is 28.8 Å². The van der Waals surface area contributed by atoms with Gasteiger partial charge in [-0.3, -0.25) is 0 Å². The topological polar surface area (TPSA) is 64.9 Å². The molecule has 4 heteroatoms. The number of aromatic nitrogens is 2. The van der Waals surface area contributed by atoms with Gasteiger partial charge in [-0.05, 0) is 24.5 Å². The Bertz CT molecular complexity index is 507. The number of aryl methyl sites for hydroxylation is 1. The number of rotatable bonds is 5. The first-order valence-corrected chi connectivity index (χ1v) is 6.30. The van der Waals surface area contributed by atoms with Crippen LogP contribution in [0.2, 0.25) is 0 Å². The molecule has 0 saturated heterocycles. The fourth-order valence-electron chi connectivity index (χ4n) is 1.79. The molecule has 2 aromatic rings. The van der Waals surface area contributed by atoms with Gasteiger partial charge in [0.15, 0.2) is 5.82 Å². The van der Waals surface area contributed by atoms with Gasteiger partial charge in [-0.25, -0.2) is 0 Å². The van der Waals surface area contributed by atoms with Crippen molar-refractivity contribution >= 4 is 0 Å². The van der Waals surface area contributed by atoms with Crippen molar-refractivity contribution in [3.63, 3.8) is 0 Å². The van der Waals surface area contributed by atoms with E-state index in [0.717, 1.165) is 12.2 Å². The van der Waals surface area contributed by atoms with Crippen molar-refractivity contribution in [1.29, 1.82) is 0 Å². The van der Waals surface area contributed by atoms with Gasteiger partial charge in [0.1, 0.15) is 0 Å². The number of nitrogens with zero attached hydrogens (tertiary/aromatic N) is 2. The normalized spacial score (nSPS) is 12.6. The molecule has 0 spiro atoms. The molecule has 4 nitrogen and oxygen atoms in total. The molecular formula is C14H19N3O. The van der Waals surface area contributed by atoms with Crippen LogP contribution in [0, 0.1) is 6.92 Å². The van der Waals surface area contributed by atoms with Gasteiger partial charge in [0.2, 0.25) is 5.89 Å². The molecule has 0 fully saturated rings. The van der Waals surface area contributed by atoms with Gasteiger partial charge in [-0.15, -0.1) is 0 Å². The monoisotopic (exact) mass is 245 g/mol. The van der Waals surface area contributed by atoms with Crippen LogP contribution in [0.4, 0.5) is 0 Å². The average molecular weight is 245 g/mol. The third-order valence-electron chi connectivity index (χ3n) is 3.08. The van der Waals surface area contributed by atoms with Gasteiger partial charge in [0.25, 0.3) is 0 Å². The molecule has 0 bridgehead atoms. The lowest BCUT2D eigenvalue weighted by molar-refractivity contribution is 0.363. The lowest BCUT2D eigenvalue weighted by Crippen LogP contribution is -2.21. The third-order valence-corrected chi connectivity index (χ3v) is 3.08. The van der Waals surface area contributed by atoms with Crippen LogP contribution in [-0.4, -0.2) is 16.2 Å². The summed E-state index contributed by atoms with van der Waals surface area (Å²) in [5.41, 5.74) is 8.33. The molecule has 2 rings (SSSR count). The first kappa shape index (κ1) is 12.8. The second-order valence-electron chi connectivity index (χ2n) is 4.58. The maximum Gasteiger partial charge on any atom is 0.228 e. The van der Waals surface area contributed by atoms with Crippen molar-refractivity contribution in [2.24, 2.45) is 5.73 Å². The van der Waals surface area contributed by atoms with Gasteiger partial charge >= 0.3 is 0 Å². The summed E-state index contributed by atoms with van der Waals surface area (Å²) in [5.74, 6) is 1.36. The van der Waals surface area contributed by atoms with Crippen molar-refractivity contribution in [3.8, 4) is 0 Å². The first-order chi connectivity index (χ1) is 8.69. The van der Waals surface area contributed by atoms with E-state index in [1.54, 1.807) is 0 Å². The van der Waals surface area contributed by atoms with Crippen molar-refractivity contribution in [2.75, 3.05) is 0 Å². The average Bonchev–Trinajstić information content (AvgIpc) is 2.79. The molecule has 1 unspecified atom stereocenters. The van der Waals surface area contributed by atoms with Crippen LogP contribution in [0.5, 0.6) is 0 Å². The van der Waals surface area contributed by atoms with Gasteiger partial charge in [0, 0.05) is 18.9 Å². The highest BCUT2D eigenvalue weighted by molar-refractivity contribution is 5.27. The first-order valence-electron chi connectivity index (χ1n) is 6.30. The molecule has 0 amide bonds. The predicted molar refractivity (Wildman–Crippen MR) is 70.3 cm³/mol. The van der Waals surface area contributed by atoms with Crippen LogP contribution in [0.25, 0.3) is 0 Å². The molecule has 1 aromatic carbocycles. The Morgan fingerprint density at radius 3 is 2.83 bits per heavy atom. The molecular weight excluding hydrogens is 226 g/mol. The molecule has 1 aromatic heterocycles. The molecule has 0 radical (unpaired) electrons. The van der Waals surface area contributed by atoms with E-state index in [9.17, 15) is 0 Å². The maximum absolute atomic E-state index is 5.86. The van der Waals surface area contributed by atoms with Gasteiger partial charge in [-0.1, -0.05) is 36.3 Å². The summed E-state index contributed by atoms with van der Waals surface area (Å²) in [4.78, 5) is 4.38. The largest absolute Gasteiger partial charge is 0.339 e. The Morgan fingerprint density at radius 2 is 2.11 bits per heavy atom. The minimum atomic E-state index is 0.0942. The lowest BCUT2D eigenvalue weighted by atomic mass is 10.1. The van der Waals surface area contributed by atoms with E-state index in [2.05, 4.69) is 36.1 Å². The maximum atomic E-state index is 5.86. The van der Waals surface area contributed by atoms with E-state index in [1.165, 1.54) is 11.1 Å². The second-order valence-corrected chi connectivity index (χ2v) is 4.58. The molecule has 96 valence electrons. The highest BCUT2D eigenvalue weighted by atomic mass is 16.5. The summed E-state index contributed by atoms with van der Waals surface area (Å²) < 4.78 is 5.21. The summed E-state index contributed by atoms with van der Waals surface area (Å²) in [6.07, 6.45) is 2.27. The van der Waals surface area contributed by atoms with E-state index in [-0.39, 0.29) is 6.04 Å². The minimum absolute atomic E-state index is 0.0942. The van der Waals surface area contributed by atoms with Crippen LogP contribution in [0.3, 0.4) is 0 Å². The zero-order valence-corrected chi connectivity index (χ0v) is 10.9. The Balaban J connectivity index is 2.05. The number of hydrogen-bond acceptors (Lipinski definition) is 4. The van der Waals surface area contributed by atoms with Crippen molar-refractivity contribution < 1.29 is 4.52 Å². The summed E-state index contributed by atoms with van der Waals surface area (Å²) >= 11 is 0. The lowest BCUT2D eigenvalue weighted by Gasteiger charge is -2.02. The Kier molecular flexibility index (Phi) is 4.10. The third kappa shape index (κ3) is 3.17. The molecule has 0 aliphatic heterocycles. The molecule has 18 heavy (non-hydrogen) atoms. The SMILES string of the molecule is CCC(N)Cc1nc(Cc2ccccc2C)no1. The zero-order valence-electron chi connectivity index (χ0n) is 10.9. The second kappa shape index (κ2) is 5.78. The molecule has 0 aliphatic carbocycles. The van der Waals surface area contributed by atoms with Gasteiger partial charge < -0.3 is 10.3 Å². The van der Waals surface area contributed by atoms with Gasteiger partial charge in [-0.2, -0.15) is 4.98 Å². The van der Waals surface area contributed by atoms with Gasteiger partial charge in [0.05, 0.1) is 0 Å². The summed E-state index contributed by atoms with van der Waals surface area (Å²) in [7, 11) is 0. The summed E-state index contributed by atoms with van der Waals surface area (Å²) in [6, 6.07) is 8.32. The van der Waals surface area contributed by atoms with Crippen LogP contribution >= 0.6 is 0 Å². The van der Waals surface area contributed by atoms with Crippen molar-refractivity contribution in [1.82, 2.24) is 10.1 Å². The van der Waals surface area contributed by atoms with Crippen molar-refractivity contribution in [3.05, 3.63) is 47.1 Å². The van der Waals surface area contributed by atoms with E-state index in [0.29, 0.717) is 18.7 Å². The fraction of sp³-hybridized carbons (Fsp3) is 0.429. The Hall–Kier alpha value is -1.68. The highest BCUT2D eigenvalue weighted by Gasteiger charge is 2.10. The van der Waals surface area contributed by atoms with E-state index in [1.807, 2.05) is 12.1 Å². The zero-order chi connectivity index (χ0) is 13.0. The Labute approximate surface area is 107 Å². The smallest absolute Gasteiger partial charge is 0.228 e. The van der Waals surface area contributed by atoms with E-state index in [4.69, 9.17) is 10.3 Å². The number of hydrogen-bond donors (Lipinski definition) is 1. The molecule has 1 heterocycles. The van der Waals surface area contributed by atoms with Crippen LogP contribution in [-0.2, 0) is 12.8 Å². The quantitative estimate of drug-likeness (QED) is 0.877. The predicted octanol–water partition coefficient (Wildman–Crippen LogP) is 2.25. The molecule has 2 N–H and O–H groups in total. The molecule has 1 atom stereocenters. The van der Waals surface area contributed by atoms with E-state index >= 15 is 0 Å². The molecule has 0 aliphatic rings. The van der Waals surface area contributed by atoms with Crippen molar-refractivity contribution in [2.45, 2.75) is 39.2 Å². The minimum Gasteiger partial charge on any atom is -0.339 e. The van der Waals surface area contributed by atoms with Crippen LogP contribution < -0.4 is 5.73 Å². The highest BCUT2D eigenvalue weighted by Crippen LogP contribution is 2.12. The van der Waals surface area contributed by atoms with Crippen LogP contribution in [0.1, 0.15) is 36.2 Å². The number of nitrogens with two attached hydrogens (primary N) is 1. The Morgan fingerprint density at radius 1 is 1.33 bits per heavy atom. The molecule has 0 saturated carbocycles. The summed E-state index contributed by atoms with van der Waals surface area (Å²) in [6.45, 7) is 4.14. The summed E-state index contributed by atoms with van der Waals surface area (Å²) in [5, 5.41) is 4.00. The standard InChI is InChI=1S/C14H19N3O/c1-3-12(15)9-14-16-13(17-18-14)8-11-7-5-4-6-10(11)2/h4-7,12H,3,8-9,15H2,1-2H3. The van der Waals surface area contributed by atoms with E-state index < -0.39 is 0 Å². The number of benzene rings is 1.